The Hall–Kier alpha value is -5.80. The second-order valence-corrected chi connectivity index (χ2v) is 15.5. The van der Waals surface area contributed by atoms with Gasteiger partial charge in [0.15, 0.2) is 0 Å². The number of H-pyrrole nitrogens is 2. The molecule has 0 saturated heterocycles. The molecule has 300 valence electrons. The number of hydrogen-bond acceptors (Lipinski definition) is 5. The zero-order valence-corrected chi connectivity index (χ0v) is 34.8. The Bertz CT molecular complexity index is 2290. The van der Waals surface area contributed by atoms with E-state index in [1.54, 1.807) is 0 Å². The zero-order chi connectivity index (χ0) is 40.8. The highest BCUT2D eigenvalue weighted by Gasteiger charge is 2.32. The van der Waals surface area contributed by atoms with Gasteiger partial charge in [0.05, 0.1) is 36.1 Å². The van der Waals surface area contributed by atoms with Crippen LogP contribution in [0.25, 0.3) is 33.6 Å². The molecule has 58 heavy (non-hydrogen) atoms. The lowest BCUT2D eigenvalue weighted by molar-refractivity contribution is -0.138. The van der Waals surface area contributed by atoms with E-state index in [1.807, 2.05) is 90.6 Å². The van der Waals surface area contributed by atoms with Crippen LogP contribution < -0.4 is 0 Å². The largest absolute Gasteiger partial charge is 0.344 e. The molecule has 9 nitrogen and oxygen atoms in total. The van der Waals surface area contributed by atoms with Crippen molar-refractivity contribution in [1.29, 1.82) is 0 Å². The summed E-state index contributed by atoms with van der Waals surface area (Å²) in [5.74, 6) is 1.55. The van der Waals surface area contributed by atoms with Crippen molar-refractivity contribution in [2.45, 2.75) is 84.8 Å². The Balaban J connectivity index is 1.05. The molecule has 0 spiro atoms. The summed E-state index contributed by atoms with van der Waals surface area (Å²) in [6, 6.07) is 34.8. The highest BCUT2D eigenvalue weighted by molar-refractivity contribution is 5.84. The predicted molar refractivity (Wildman–Crippen MR) is 233 cm³/mol. The molecule has 0 saturated carbocycles. The molecule has 3 atom stereocenters. The van der Waals surface area contributed by atoms with E-state index >= 15 is 0 Å². The maximum Gasteiger partial charge on any atom is 0.244 e. The maximum absolute atomic E-state index is 14.2. The van der Waals surface area contributed by atoms with Gasteiger partial charge in [-0.25, -0.2) is 9.97 Å². The molecular formula is C49H57N7O2. The minimum Gasteiger partial charge on any atom is -0.344 e. The first-order valence-electron chi connectivity index (χ1n) is 21.0. The van der Waals surface area contributed by atoms with E-state index in [0.717, 1.165) is 101 Å². The Morgan fingerprint density at radius 1 is 0.759 bits per heavy atom. The molecule has 2 aromatic heterocycles. The lowest BCUT2D eigenvalue weighted by Crippen LogP contribution is -2.42. The first-order valence-corrected chi connectivity index (χ1v) is 21.0. The van der Waals surface area contributed by atoms with Crippen LogP contribution in [0, 0.1) is 0 Å². The molecule has 0 radical (unpaired) electrons. The Kier molecular flexibility index (Phi) is 12.7. The average Bonchev–Trinajstić information content (AvgIpc) is 3.88. The van der Waals surface area contributed by atoms with Crippen LogP contribution in [0.5, 0.6) is 0 Å². The topological polar surface area (TPSA) is 101 Å². The zero-order valence-electron chi connectivity index (χ0n) is 34.8. The van der Waals surface area contributed by atoms with Crippen LogP contribution in [0.2, 0.25) is 0 Å². The molecule has 0 aliphatic heterocycles. The van der Waals surface area contributed by atoms with Gasteiger partial charge >= 0.3 is 0 Å². The molecule has 7 rings (SSSR count). The molecule has 9 heteroatoms. The van der Waals surface area contributed by atoms with Crippen LogP contribution in [0.15, 0.2) is 109 Å². The first-order chi connectivity index (χ1) is 28.2. The van der Waals surface area contributed by atoms with Crippen molar-refractivity contribution in [2.75, 3.05) is 26.7 Å². The highest BCUT2D eigenvalue weighted by Crippen LogP contribution is 2.36. The van der Waals surface area contributed by atoms with Crippen molar-refractivity contribution in [3.63, 3.8) is 0 Å². The van der Waals surface area contributed by atoms with Crippen LogP contribution in [-0.2, 0) is 29.0 Å². The molecule has 2 N–H and O–H groups in total. The van der Waals surface area contributed by atoms with Crippen LogP contribution in [0.1, 0.15) is 99.5 Å². The normalized spacial score (nSPS) is 13.9. The Labute approximate surface area is 343 Å². The van der Waals surface area contributed by atoms with Crippen LogP contribution in [0.3, 0.4) is 0 Å². The van der Waals surface area contributed by atoms with E-state index in [-0.39, 0.29) is 29.8 Å². The van der Waals surface area contributed by atoms with Gasteiger partial charge in [0.1, 0.15) is 17.7 Å². The summed E-state index contributed by atoms with van der Waals surface area (Å²) in [6.07, 6.45) is 5.62. The molecule has 2 amide bonds. The molecule has 0 unspecified atom stereocenters. The van der Waals surface area contributed by atoms with Crippen molar-refractivity contribution in [3.05, 3.63) is 143 Å². The van der Waals surface area contributed by atoms with Gasteiger partial charge in [-0.3, -0.25) is 14.5 Å². The van der Waals surface area contributed by atoms with Gasteiger partial charge in [-0.1, -0.05) is 124 Å². The number of rotatable bonds is 15. The lowest BCUT2D eigenvalue weighted by Gasteiger charge is -2.34. The number of nitrogens with one attached hydrogen (secondary N) is 2. The monoisotopic (exact) mass is 775 g/mol. The van der Waals surface area contributed by atoms with Crippen molar-refractivity contribution >= 4 is 11.8 Å². The molecule has 0 bridgehead atoms. The number of hydrogen-bond donors (Lipinski definition) is 2. The number of aryl methyl sites for hydroxylation is 2. The van der Waals surface area contributed by atoms with Gasteiger partial charge in [-0.2, -0.15) is 0 Å². The summed E-state index contributed by atoms with van der Waals surface area (Å²) in [5, 5.41) is 0. The standard InChI is InChI=1S/C49H57N7O2/c1-7-29-56(48(57)33(4)35-17-12-10-13-18-35)32-44-50-31-43(51-44)37-25-23-36(24-26-37)39-27-28-41-40(30-39)21-16-22-42-45(41)53-47(52-42)34(5)54(6)49(58)46(55(8-2)9-3)38-19-14-11-15-20-38/h10-15,17-20,23-28,30-31,33-34,46H,7-9,16,21-22,29,32H2,1-6H3,(H,50,51)(H,52,53)/t33-,34+,46-/m1/s1. The first kappa shape index (κ1) is 40.4. The van der Waals surface area contributed by atoms with Gasteiger partial charge in [-0.15, -0.1) is 0 Å². The fourth-order valence-electron chi connectivity index (χ4n) is 8.31. The van der Waals surface area contributed by atoms with E-state index in [1.165, 1.54) is 5.56 Å². The number of amides is 2. The van der Waals surface area contributed by atoms with Crippen molar-refractivity contribution in [3.8, 4) is 33.6 Å². The van der Waals surface area contributed by atoms with Gasteiger partial charge in [0.2, 0.25) is 11.8 Å². The molecular weight excluding hydrogens is 719 g/mol. The van der Waals surface area contributed by atoms with Gasteiger partial charge in [-0.05, 0) is 86.0 Å². The van der Waals surface area contributed by atoms with Crippen molar-refractivity contribution in [2.24, 2.45) is 0 Å². The summed E-state index contributed by atoms with van der Waals surface area (Å²) in [5.41, 5.74) is 10.9. The van der Waals surface area contributed by atoms with Gasteiger partial charge in [0, 0.05) is 24.8 Å². The van der Waals surface area contributed by atoms with Crippen molar-refractivity contribution in [1.82, 2.24) is 34.6 Å². The third-order valence-electron chi connectivity index (χ3n) is 11.9. The van der Waals surface area contributed by atoms with Crippen LogP contribution in [0.4, 0.5) is 0 Å². The predicted octanol–water partition coefficient (Wildman–Crippen LogP) is 9.77. The van der Waals surface area contributed by atoms with Crippen LogP contribution >= 0.6 is 0 Å². The minimum atomic E-state index is -0.352. The number of likely N-dealkylation sites (N-methyl/N-ethyl adjacent to an activating group) is 2. The fraction of sp³-hybridized carbons (Fsp3) is 0.347. The number of benzene rings is 4. The summed E-state index contributed by atoms with van der Waals surface area (Å²) >= 11 is 0. The third-order valence-corrected chi connectivity index (χ3v) is 11.9. The maximum atomic E-state index is 14.2. The Morgan fingerprint density at radius 3 is 2.09 bits per heavy atom. The fourth-order valence-corrected chi connectivity index (χ4v) is 8.31. The smallest absolute Gasteiger partial charge is 0.244 e. The van der Waals surface area contributed by atoms with Crippen LogP contribution in [-0.4, -0.2) is 73.1 Å². The second kappa shape index (κ2) is 18.2. The number of fused-ring (bicyclic) bond motifs is 3. The quantitative estimate of drug-likeness (QED) is 0.108. The molecule has 4 aromatic carbocycles. The van der Waals surface area contributed by atoms with E-state index in [0.29, 0.717) is 13.1 Å². The van der Waals surface area contributed by atoms with Crippen molar-refractivity contribution < 1.29 is 9.59 Å². The molecule has 1 aliphatic carbocycles. The highest BCUT2D eigenvalue weighted by atomic mass is 16.2. The minimum absolute atomic E-state index is 0.0670. The second-order valence-electron chi connectivity index (χ2n) is 15.5. The van der Waals surface area contributed by atoms with E-state index in [2.05, 4.69) is 90.0 Å². The number of aromatic amines is 2. The summed E-state index contributed by atoms with van der Waals surface area (Å²) < 4.78 is 0. The average molecular weight is 776 g/mol. The van der Waals surface area contributed by atoms with Gasteiger partial charge in [0.25, 0.3) is 0 Å². The summed E-state index contributed by atoms with van der Waals surface area (Å²) in [4.78, 5) is 50.6. The number of carbonyl (C=O) groups excluding carboxylic acids is 2. The SMILES string of the molecule is CCCN(Cc1ncc(-c2ccc(-c3ccc4c(c3)CCCc3[nH]c([C@H](C)N(C)C(=O)[C@@H](c5ccccc5)N(CC)CC)nc3-4)cc2)[nH]1)C(=O)[C@H](C)c1ccccc1. The summed E-state index contributed by atoms with van der Waals surface area (Å²) in [7, 11) is 1.90. The Morgan fingerprint density at radius 2 is 1.41 bits per heavy atom. The van der Waals surface area contributed by atoms with E-state index in [4.69, 9.17) is 4.98 Å². The number of aromatic nitrogens is 4. The lowest BCUT2D eigenvalue weighted by atomic mass is 9.95. The molecule has 2 heterocycles. The number of nitrogens with zero attached hydrogens (tertiary/aromatic N) is 5. The van der Waals surface area contributed by atoms with E-state index in [9.17, 15) is 9.59 Å². The number of carbonyl (C=O) groups is 2. The summed E-state index contributed by atoms with van der Waals surface area (Å²) in [6.45, 7) is 13.0. The molecule has 1 aliphatic rings. The third kappa shape index (κ3) is 8.55. The van der Waals surface area contributed by atoms with Gasteiger partial charge < -0.3 is 19.8 Å². The number of imidazole rings is 2. The molecule has 6 aromatic rings. The molecule has 0 fully saturated rings. The van der Waals surface area contributed by atoms with E-state index < -0.39 is 0 Å².